The Morgan fingerprint density at radius 1 is 1.06 bits per heavy atom. The Hall–Kier alpha value is -3.50. The summed E-state index contributed by atoms with van der Waals surface area (Å²) in [5, 5.41) is 9.91. The van der Waals surface area contributed by atoms with E-state index >= 15 is 0 Å². The van der Waals surface area contributed by atoms with Gasteiger partial charge in [-0.1, -0.05) is 45.0 Å². The quantitative estimate of drug-likeness (QED) is 0.583. The summed E-state index contributed by atoms with van der Waals surface area (Å²) >= 11 is 1.10. The van der Waals surface area contributed by atoms with Gasteiger partial charge in [-0.05, 0) is 59.7 Å². The predicted molar refractivity (Wildman–Crippen MR) is 133 cm³/mol. The first-order valence-corrected chi connectivity index (χ1v) is 12.0. The van der Waals surface area contributed by atoms with Crippen LogP contribution in [0, 0.1) is 17.1 Å². The third kappa shape index (κ3) is 4.73. The molecular weight excluding hydrogens is 449 g/mol. The van der Waals surface area contributed by atoms with Crippen molar-refractivity contribution in [1.29, 1.82) is 5.26 Å². The number of nitrogens with zero attached hydrogens (tertiary/aromatic N) is 3. The van der Waals surface area contributed by atoms with Gasteiger partial charge in [-0.3, -0.25) is 14.2 Å². The zero-order valence-electron chi connectivity index (χ0n) is 19.5. The number of hydrogen-bond acceptors (Lipinski definition) is 4. The number of hydrogen-bond donors (Lipinski definition) is 0. The molecule has 0 bridgehead atoms. The smallest absolute Gasteiger partial charge is 0.273 e. The lowest BCUT2D eigenvalue weighted by Crippen LogP contribution is -2.35. The highest BCUT2D eigenvalue weighted by Crippen LogP contribution is 2.22. The van der Waals surface area contributed by atoms with Crippen LogP contribution < -0.4 is 14.8 Å². The van der Waals surface area contributed by atoms with Crippen molar-refractivity contribution >= 4 is 28.9 Å². The number of likely N-dealkylation sites (tertiary alicyclic amines) is 1. The Bertz CT molecular complexity index is 1430. The van der Waals surface area contributed by atoms with E-state index in [0.717, 1.165) is 29.7 Å². The van der Waals surface area contributed by atoms with Crippen LogP contribution in [0.25, 0.3) is 17.3 Å². The second-order valence-electron chi connectivity index (χ2n) is 9.39. The Morgan fingerprint density at radius 2 is 1.68 bits per heavy atom. The van der Waals surface area contributed by atoms with Gasteiger partial charge in [0, 0.05) is 13.1 Å². The average Bonchev–Trinajstić information content (AvgIpc) is 3.44. The lowest BCUT2D eigenvalue weighted by Gasteiger charge is -2.18. The molecule has 0 atom stereocenters. The monoisotopic (exact) mass is 475 g/mol. The van der Waals surface area contributed by atoms with Gasteiger partial charge in [-0.15, -0.1) is 11.3 Å². The van der Waals surface area contributed by atoms with E-state index in [0.29, 0.717) is 23.3 Å². The second kappa shape index (κ2) is 9.40. The highest BCUT2D eigenvalue weighted by atomic mass is 32.1. The first-order valence-electron chi connectivity index (χ1n) is 11.2. The van der Waals surface area contributed by atoms with Crippen LogP contribution in [0.2, 0.25) is 0 Å². The number of amides is 1. The van der Waals surface area contributed by atoms with E-state index in [4.69, 9.17) is 0 Å². The standard InChI is InChI=1S/C27H26FN3O2S/c1-27(2,3)19-8-6-18(7-9-19)16-23-25(33)31(21-12-10-20(28)11-13-21)26(34-23)22(17-29)24(32)30-14-4-5-15-30/h6-13,16H,4-5,14-15H2,1-3H3/b23-16-,26-22-. The molecular formula is C27H26FN3O2S. The second-order valence-corrected chi connectivity index (χ2v) is 10.4. The van der Waals surface area contributed by atoms with Crippen LogP contribution in [0.15, 0.2) is 53.3 Å². The van der Waals surface area contributed by atoms with E-state index in [1.54, 1.807) is 11.0 Å². The predicted octanol–water partition coefficient (Wildman–Crippen LogP) is 3.46. The molecule has 4 rings (SSSR count). The Balaban J connectivity index is 1.94. The molecule has 0 unspecified atom stereocenters. The Morgan fingerprint density at radius 3 is 2.24 bits per heavy atom. The van der Waals surface area contributed by atoms with Crippen molar-refractivity contribution in [1.82, 2.24) is 9.47 Å². The summed E-state index contributed by atoms with van der Waals surface area (Å²) < 4.78 is 15.6. The maximum Gasteiger partial charge on any atom is 0.273 e. The van der Waals surface area contributed by atoms with Crippen molar-refractivity contribution in [2.75, 3.05) is 13.1 Å². The SMILES string of the molecule is CC(C)(C)c1ccc(/C=c2\s/c(=C(/C#N)C(=O)N3CCCC3)n(-c3ccc(F)cc3)c2=O)cc1. The summed E-state index contributed by atoms with van der Waals surface area (Å²) in [6.07, 6.45) is 3.55. The van der Waals surface area contributed by atoms with Gasteiger partial charge in [-0.25, -0.2) is 4.39 Å². The van der Waals surface area contributed by atoms with Crippen LogP contribution in [-0.2, 0) is 10.2 Å². The molecule has 1 fully saturated rings. The number of nitriles is 1. The molecule has 1 saturated heterocycles. The summed E-state index contributed by atoms with van der Waals surface area (Å²) in [5.41, 5.74) is 2.01. The summed E-state index contributed by atoms with van der Waals surface area (Å²) in [5.74, 6) is -0.810. The molecule has 1 aliphatic heterocycles. The van der Waals surface area contributed by atoms with E-state index in [9.17, 15) is 19.2 Å². The molecule has 7 heteroatoms. The van der Waals surface area contributed by atoms with Crippen molar-refractivity contribution in [2.45, 2.75) is 39.0 Å². The fraction of sp³-hybridized carbons (Fsp3) is 0.296. The van der Waals surface area contributed by atoms with Crippen LogP contribution in [0.1, 0.15) is 44.7 Å². The zero-order chi connectivity index (χ0) is 24.5. The molecule has 0 radical (unpaired) electrons. The fourth-order valence-corrected chi connectivity index (χ4v) is 5.07. The summed E-state index contributed by atoms with van der Waals surface area (Å²) in [6.45, 7) is 7.59. The van der Waals surface area contributed by atoms with Gasteiger partial charge in [-0.2, -0.15) is 5.26 Å². The topological polar surface area (TPSA) is 66.1 Å². The first kappa shape index (κ1) is 23.7. The first-order chi connectivity index (χ1) is 16.2. The van der Waals surface area contributed by atoms with Crippen molar-refractivity contribution in [2.24, 2.45) is 0 Å². The number of aromatic nitrogens is 1. The highest BCUT2D eigenvalue weighted by Gasteiger charge is 2.24. The van der Waals surface area contributed by atoms with Crippen molar-refractivity contribution in [3.63, 3.8) is 0 Å². The number of thiazole rings is 1. The molecule has 1 amide bonds. The molecule has 34 heavy (non-hydrogen) atoms. The van der Waals surface area contributed by atoms with E-state index < -0.39 is 5.82 Å². The third-order valence-corrected chi connectivity index (χ3v) is 7.01. The van der Waals surface area contributed by atoms with Crippen molar-refractivity contribution in [3.05, 3.63) is 85.0 Å². The summed E-state index contributed by atoms with van der Waals surface area (Å²) in [6, 6.07) is 15.5. The van der Waals surface area contributed by atoms with E-state index in [-0.39, 0.29) is 27.1 Å². The van der Waals surface area contributed by atoms with Gasteiger partial charge in [0.25, 0.3) is 11.5 Å². The Labute approximate surface area is 201 Å². The number of carbonyl (C=O) groups excluding carboxylic acids is 1. The fourth-order valence-electron chi connectivity index (χ4n) is 3.97. The number of carbonyl (C=O) groups is 1. The van der Waals surface area contributed by atoms with Gasteiger partial charge in [0.05, 0.1) is 10.2 Å². The number of rotatable bonds is 3. The average molecular weight is 476 g/mol. The molecule has 3 aromatic rings. The molecule has 0 aliphatic carbocycles. The van der Waals surface area contributed by atoms with Crippen LogP contribution in [-0.4, -0.2) is 28.5 Å². The largest absolute Gasteiger partial charge is 0.338 e. The molecule has 0 spiro atoms. The van der Waals surface area contributed by atoms with Crippen molar-refractivity contribution in [3.8, 4) is 11.8 Å². The molecule has 1 aromatic heterocycles. The molecule has 0 saturated carbocycles. The highest BCUT2D eigenvalue weighted by molar-refractivity contribution is 7.07. The van der Waals surface area contributed by atoms with Gasteiger partial charge in [0.15, 0.2) is 5.57 Å². The van der Waals surface area contributed by atoms with Gasteiger partial charge >= 0.3 is 0 Å². The minimum Gasteiger partial charge on any atom is -0.338 e. The maximum atomic E-state index is 13.6. The molecule has 5 nitrogen and oxygen atoms in total. The van der Waals surface area contributed by atoms with Crippen LogP contribution in [0.5, 0.6) is 0 Å². The lowest BCUT2D eigenvalue weighted by atomic mass is 9.87. The van der Waals surface area contributed by atoms with Crippen LogP contribution in [0.3, 0.4) is 0 Å². The van der Waals surface area contributed by atoms with E-state index in [1.165, 1.54) is 34.4 Å². The number of benzene rings is 2. The molecule has 2 heterocycles. The molecule has 1 aliphatic rings. The van der Waals surface area contributed by atoms with Crippen LogP contribution >= 0.6 is 11.3 Å². The van der Waals surface area contributed by atoms with E-state index in [2.05, 4.69) is 20.8 Å². The third-order valence-electron chi connectivity index (χ3n) is 5.92. The van der Waals surface area contributed by atoms with Gasteiger partial charge in [0.1, 0.15) is 16.5 Å². The van der Waals surface area contributed by atoms with Gasteiger partial charge < -0.3 is 4.90 Å². The lowest BCUT2D eigenvalue weighted by molar-refractivity contribution is -0.123. The minimum atomic E-state index is -0.433. The molecule has 0 N–H and O–H groups in total. The minimum absolute atomic E-state index is 0.0104. The maximum absolute atomic E-state index is 13.6. The van der Waals surface area contributed by atoms with E-state index in [1.807, 2.05) is 30.3 Å². The molecule has 174 valence electrons. The van der Waals surface area contributed by atoms with Gasteiger partial charge in [0.2, 0.25) is 0 Å². The summed E-state index contributed by atoms with van der Waals surface area (Å²) in [4.78, 5) is 28.2. The normalized spacial score (nSPS) is 15.4. The molecule has 2 aromatic carbocycles. The zero-order valence-corrected chi connectivity index (χ0v) is 20.3. The summed E-state index contributed by atoms with van der Waals surface area (Å²) in [7, 11) is 0. The van der Waals surface area contributed by atoms with Crippen LogP contribution in [0.4, 0.5) is 4.39 Å². The van der Waals surface area contributed by atoms with Crippen molar-refractivity contribution < 1.29 is 9.18 Å². The number of halogens is 1. The Kier molecular flexibility index (Phi) is 6.54.